The number of rotatable bonds is 3. The van der Waals surface area contributed by atoms with Gasteiger partial charge in [0.25, 0.3) is 0 Å². The molecule has 0 nitrogen and oxygen atoms in total. The van der Waals surface area contributed by atoms with Gasteiger partial charge in [0, 0.05) is 0 Å². The predicted octanol–water partition coefficient (Wildman–Crippen LogP) is 3.81. The number of hydrogen-bond donors (Lipinski definition) is 0. The zero-order chi connectivity index (χ0) is 8.31. The molecule has 0 amide bonds. The summed E-state index contributed by atoms with van der Waals surface area (Å²) in [6.45, 7) is 0. The standard InChI is InChI=1S/C4H4Cl6/c5-1(3(7)8)2(6)4(9)10/h1-4H. The summed E-state index contributed by atoms with van der Waals surface area (Å²) in [5.41, 5.74) is 0. The monoisotopic (exact) mass is 262 g/mol. The normalized spacial score (nSPS) is 18.0. The first-order valence-electron chi connectivity index (χ1n) is 2.31. The molecule has 0 aliphatic rings. The lowest BCUT2D eigenvalue weighted by Gasteiger charge is -2.16. The molecule has 2 atom stereocenters. The maximum absolute atomic E-state index is 5.60. The molecule has 0 radical (unpaired) electrons. The van der Waals surface area contributed by atoms with Crippen LogP contribution in [0.25, 0.3) is 0 Å². The summed E-state index contributed by atoms with van der Waals surface area (Å²) in [4.78, 5) is -1.52. The lowest BCUT2D eigenvalue weighted by Crippen LogP contribution is -2.26. The van der Waals surface area contributed by atoms with Crippen molar-refractivity contribution in [2.75, 3.05) is 0 Å². The van der Waals surface area contributed by atoms with Crippen LogP contribution in [0.4, 0.5) is 0 Å². The molecule has 62 valence electrons. The Morgan fingerprint density at radius 3 is 0.800 bits per heavy atom. The number of halogens is 6. The second-order valence-corrected chi connectivity index (χ2v) is 4.89. The van der Waals surface area contributed by atoms with E-state index in [0.717, 1.165) is 0 Å². The molecule has 0 aromatic rings. The van der Waals surface area contributed by atoms with Gasteiger partial charge in [0.2, 0.25) is 0 Å². The van der Waals surface area contributed by atoms with Crippen LogP contribution in [0.1, 0.15) is 0 Å². The molecular weight excluding hydrogens is 261 g/mol. The van der Waals surface area contributed by atoms with Gasteiger partial charge in [0.1, 0.15) is 9.67 Å². The predicted molar refractivity (Wildman–Crippen MR) is 50.3 cm³/mol. The second kappa shape index (κ2) is 5.40. The number of alkyl halides is 6. The summed E-state index contributed by atoms with van der Waals surface area (Å²) in [7, 11) is 0. The van der Waals surface area contributed by atoms with E-state index in [4.69, 9.17) is 69.6 Å². The molecule has 0 heterocycles. The average molecular weight is 265 g/mol. The molecule has 0 rings (SSSR count). The van der Waals surface area contributed by atoms with Crippen molar-refractivity contribution in [1.82, 2.24) is 0 Å². The average Bonchev–Trinajstić information content (AvgIpc) is 1.84. The zero-order valence-electron chi connectivity index (χ0n) is 4.58. The molecule has 0 fully saturated rings. The Balaban J connectivity index is 3.81. The molecule has 0 N–H and O–H groups in total. The van der Waals surface area contributed by atoms with E-state index in [0.29, 0.717) is 0 Å². The third-order valence-corrected chi connectivity index (χ3v) is 3.56. The first-order valence-corrected chi connectivity index (χ1v) is 4.93. The molecule has 0 aliphatic carbocycles. The smallest absolute Gasteiger partial charge is 0.118 e. The SMILES string of the molecule is ClC(Cl)C(Cl)C(Cl)C(Cl)Cl. The van der Waals surface area contributed by atoms with E-state index < -0.39 is 20.4 Å². The van der Waals surface area contributed by atoms with Crippen molar-refractivity contribution in [1.29, 1.82) is 0 Å². The van der Waals surface area contributed by atoms with Crippen molar-refractivity contribution >= 4 is 69.6 Å². The van der Waals surface area contributed by atoms with Gasteiger partial charge in [-0.1, -0.05) is 0 Å². The van der Waals surface area contributed by atoms with Gasteiger partial charge in [-0.2, -0.15) is 0 Å². The maximum Gasteiger partial charge on any atom is 0.125 e. The first kappa shape index (κ1) is 11.7. The van der Waals surface area contributed by atoms with Crippen LogP contribution >= 0.6 is 69.6 Å². The van der Waals surface area contributed by atoms with E-state index in [1.165, 1.54) is 0 Å². The molecule has 0 aromatic heterocycles. The zero-order valence-corrected chi connectivity index (χ0v) is 9.11. The molecule has 0 bridgehead atoms. The van der Waals surface area contributed by atoms with Crippen molar-refractivity contribution in [3.05, 3.63) is 0 Å². The van der Waals surface area contributed by atoms with Crippen LogP contribution in [0, 0.1) is 0 Å². The summed E-state index contributed by atoms with van der Waals surface area (Å²) < 4.78 is 0. The highest BCUT2D eigenvalue weighted by molar-refractivity contribution is 6.53. The summed E-state index contributed by atoms with van der Waals surface area (Å²) in [5.74, 6) is 0. The summed E-state index contributed by atoms with van der Waals surface area (Å²) in [6.07, 6.45) is 0. The van der Waals surface area contributed by atoms with Gasteiger partial charge in [0.05, 0.1) is 10.8 Å². The quantitative estimate of drug-likeness (QED) is 0.680. The Labute approximate surface area is 89.7 Å². The molecule has 6 heteroatoms. The summed E-state index contributed by atoms with van der Waals surface area (Å²) in [5, 5.41) is -1.27. The van der Waals surface area contributed by atoms with Gasteiger partial charge < -0.3 is 0 Å². The van der Waals surface area contributed by atoms with Gasteiger partial charge in [0.15, 0.2) is 0 Å². The Morgan fingerprint density at radius 1 is 0.500 bits per heavy atom. The van der Waals surface area contributed by atoms with E-state index >= 15 is 0 Å². The first-order chi connectivity index (χ1) is 4.46. The van der Waals surface area contributed by atoms with Crippen LogP contribution in [0.2, 0.25) is 0 Å². The fourth-order valence-electron chi connectivity index (χ4n) is 0.278. The molecule has 0 aliphatic heterocycles. The Bertz CT molecular complexity index is 79.7. The van der Waals surface area contributed by atoms with Crippen LogP contribution in [-0.4, -0.2) is 20.4 Å². The van der Waals surface area contributed by atoms with Gasteiger partial charge in [-0.05, 0) is 0 Å². The van der Waals surface area contributed by atoms with Crippen LogP contribution in [0.15, 0.2) is 0 Å². The topological polar surface area (TPSA) is 0 Å². The largest absolute Gasteiger partial charge is 0.125 e. The number of hydrogen-bond acceptors (Lipinski definition) is 0. The van der Waals surface area contributed by atoms with Gasteiger partial charge in [-0.15, -0.1) is 69.6 Å². The summed E-state index contributed by atoms with van der Waals surface area (Å²) >= 11 is 32.8. The van der Waals surface area contributed by atoms with E-state index in [-0.39, 0.29) is 0 Å². The van der Waals surface area contributed by atoms with Crippen LogP contribution in [0.5, 0.6) is 0 Å². The minimum atomic E-state index is -0.760. The Morgan fingerprint density at radius 2 is 0.700 bits per heavy atom. The highest BCUT2D eigenvalue weighted by Crippen LogP contribution is 2.27. The minimum absolute atomic E-state index is 0.634. The molecular formula is C4H4Cl6. The van der Waals surface area contributed by atoms with Gasteiger partial charge >= 0.3 is 0 Å². The third-order valence-electron chi connectivity index (χ3n) is 0.786. The van der Waals surface area contributed by atoms with Crippen molar-refractivity contribution in [3.8, 4) is 0 Å². The lowest BCUT2D eigenvalue weighted by atomic mass is 10.3. The van der Waals surface area contributed by atoms with Crippen LogP contribution < -0.4 is 0 Å². The molecule has 2 unspecified atom stereocenters. The third kappa shape index (κ3) is 3.94. The molecule has 0 aromatic carbocycles. The molecule has 0 saturated carbocycles. The Hall–Kier alpha value is 1.74. The van der Waals surface area contributed by atoms with Crippen molar-refractivity contribution in [2.45, 2.75) is 20.4 Å². The summed E-state index contributed by atoms with van der Waals surface area (Å²) in [6, 6.07) is 0. The van der Waals surface area contributed by atoms with Crippen molar-refractivity contribution in [2.24, 2.45) is 0 Å². The second-order valence-electron chi connectivity index (χ2n) is 1.56. The fraction of sp³-hybridized carbons (Fsp3) is 1.00. The fourth-order valence-corrected chi connectivity index (χ4v) is 1.49. The van der Waals surface area contributed by atoms with Gasteiger partial charge in [-0.3, -0.25) is 0 Å². The van der Waals surface area contributed by atoms with Crippen molar-refractivity contribution in [3.63, 3.8) is 0 Å². The highest BCUT2D eigenvalue weighted by Gasteiger charge is 2.27. The highest BCUT2D eigenvalue weighted by atomic mass is 35.5. The van der Waals surface area contributed by atoms with Crippen molar-refractivity contribution < 1.29 is 0 Å². The van der Waals surface area contributed by atoms with Crippen LogP contribution in [-0.2, 0) is 0 Å². The molecule has 0 spiro atoms. The minimum Gasteiger partial charge on any atom is -0.118 e. The van der Waals surface area contributed by atoms with Crippen LogP contribution in [0.3, 0.4) is 0 Å². The lowest BCUT2D eigenvalue weighted by molar-refractivity contribution is 0.855. The Kier molecular flexibility index (Phi) is 6.34. The maximum atomic E-state index is 5.60. The molecule has 10 heavy (non-hydrogen) atoms. The van der Waals surface area contributed by atoms with Gasteiger partial charge in [-0.25, -0.2) is 0 Å². The van der Waals surface area contributed by atoms with E-state index in [1.54, 1.807) is 0 Å². The van der Waals surface area contributed by atoms with E-state index in [2.05, 4.69) is 0 Å². The van der Waals surface area contributed by atoms with E-state index in [1.807, 2.05) is 0 Å². The van der Waals surface area contributed by atoms with E-state index in [9.17, 15) is 0 Å². The molecule has 0 saturated heterocycles.